The molecule has 0 spiro atoms. The van der Waals surface area contributed by atoms with Crippen LogP contribution in [0.15, 0.2) is 23.1 Å². The third kappa shape index (κ3) is 3.91. The molecule has 1 aromatic carbocycles. The van der Waals surface area contributed by atoms with Crippen LogP contribution in [0.3, 0.4) is 0 Å². The van der Waals surface area contributed by atoms with Gasteiger partial charge in [-0.3, -0.25) is 4.79 Å². The second-order valence-corrected chi connectivity index (χ2v) is 9.87. The van der Waals surface area contributed by atoms with Gasteiger partial charge >= 0.3 is 5.97 Å². The Labute approximate surface area is 135 Å². The summed E-state index contributed by atoms with van der Waals surface area (Å²) in [5.41, 5.74) is 1.68. The predicted octanol–water partition coefficient (Wildman–Crippen LogP) is 0.566. The van der Waals surface area contributed by atoms with E-state index < -0.39 is 38.4 Å². The van der Waals surface area contributed by atoms with E-state index in [1.54, 1.807) is 13.0 Å². The molecular weight excluding hydrogens is 342 g/mol. The topological polar surface area (TPSA) is 109 Å². The summed E-state index contributed by atoms with van der Waals surface area (Å²) in [6, 6.07) is 3.69. The first-order chi connectivity index (χ1) is 10.5. The molecule has 1 aliphatic rings. The predicted molar refractivity (Wildman–Crippen MR) is 84.5 cm³/mol. The van der Waals surface area contributed by atoms with E-state index in [1.165, 1.54) is 12.1 Å². The Morgan fingerprint density at radius 3 is 2.43 bits per heavy atom. The van der Waals surface area contributed by atoms with Gasteiger partial charge in [-0.15, -0.1) is 0 Å². The van der Waals surface area contributed by atoms with Crippen molar-refractivity contribution in [1.82, 2.24) is 4.31 Å². The van der Waals surface area contributed by atoms with Crippen LogP contribution in [0.4, 0.5) is 0 Å². The minimum atomic E-state index is -4.08. The normalized spacial score (nSPS) is 20.7. The van der Waals surface area contributed by atoms with E-state index in [0.717, 1.165) is 15.4 Å². The van der Waals surface area contributed by atoms with Crippen LogP contribution in [0, 0.1) is 13.8 Å². The monoisotopic (exact) mass is 361 g/mol. The molecule has 2 rings (SSSR count). The Balaban J connectivity index is 2.45. The van der Waals surface area contributed by atoms with Gasteiger partial charge in [0, 0.05) is 6.04 Å². The molecule has 1 saturated heterocycles. The number of benzene rings is 1. The van der Waals surface area contributed by atoms with Gasteiger partial charge in [0.1, 0.15) is 6.54 Å². The number of carboxylic acid groups (broad SMARTS) is 1. The summed E-state index contributed by atoms with van der Waals surface area (Å²) < 4.78 is 49.6. The fraction of sp³-hybridized carbons (Fsp3) is 0.500. The third-order valence-corrected chi connectivity index (χ3v) is 7.64. The van der Waals surface area contributed by atoms with Crippen molar-refractivity contribution >= 4 is 25.8 Å². The van der Waals surface area contributed by atoms with Gasteiger partial charge in [0.05, 0.1) is 16.4 Å². The Kier molecular flexibility index (Phi) is 4.84. The standard InChI is InChI=1S/C14H19NO6S2/c1-10-3-4-13(7-11(10)2)23(20,21)15(8-14(16)17)12-5-6-22(18,19)9-12/h3-4,7,12H,5-6,8-9H2,1-2H3,(H,16,17)/t12-/m1/s1. The number of aliphatic carboxylic acids is 1. The SMILES string of the molecule is Cc1ccc(S(=O)(=O)N(CC(=O)O)[C@@H]2CCS(=O)(=O)C2)cc1C. The molecule has 0 unspecified atom stereocenters. The summed E-state index contributed by atoms with van der Waals surface area (Å²) in [7, 11) is -7.41. The molecule has 1 heterocycles. The Morgan fingerprint density at radius 1 is 1.30 bits per heavy atom. The molecule has 1 aliphatic heterocycles. The maximum Gasteiger partial charge on any atom is 0.318 e. The maximum atomic E-state index is 12.8. The number of carbonyl (C=O) groups is 1. The van der Waals surface area contributed by atoms with Crippen molar-refractivity contribution in [2.45, 2.75) is 31.2 Å². The summed E-state index contributed by atoms with van der Waals surface area (Å²) in [5, 5.41) is 9.03. The number of nitrogens with zero attached hydrogens (tertiary/aromatic N) is 1. The number of sulfonamides is 1. The van der Waals surface area contributed by atoms with Crippen molar-refractivity contribution < 1.29 is 26.7 Å². The molecule has 0 aliphatic carbocycles. The minimum Gasteiger partial charge on any atom is -0.480 e. The summed E-state index contributed by atoms with van der Waals surface area (Å²) in [6.07, 6.45) is 0.111. The van der Waals surface area contributed by atoms with E-state index in [9.17, 15) is 21.6 Å². The third-order valence-electron chi connectivity index (χ3n) is 3.99. The lowest BCUT2D eigenvalue weighted by Crippen LogP contribution is -2.44. The van der Waals surface area contributed by atoms with E-state index in [-0.39, 0.29) is 22.8 Å². The molecule has 1 aromatic rings. The molecule has 9 heteroatoms. The first-order valence-electron chi connectivity index (χ1n) is 7.04. The number of carboxylic acids is 1. The molecule has 7 nitrogen and oxygen atoms in total. The molecule has 1 fully saturated rings. The highest BCUT2D eigenvalue weighted by atomic mass is 32.2. The van der Waals surface area contributed by atoms with Gasteiger partial charge in [-0.1, -0.05) is 6.07 Å². The second kappa shape index (κ2) is 6.21. The molecule has 0 bridgehead atoms. The maximum absolute atomic E-state index is 12.8. The summed E-state index contributed by atoms with van der Waals surface area (Å²) in [6.45, 7) is 2.84. The average Bonchev–Trinajstić information content (AvgIpc) is 2.78. The van der Waals surface area contributed by atoms with Crippen LogP contribution in [0.5, 0.6) is 0 Å². The minimum absolute atomic E-state index is 0.0221. The van der Waals surface area contributed by atoms with Gasteiger partial charge in [-0.25, -0.2) is 16.8 Å². The molecule has 0 amide bonds. The highest BCUT2D eigenvalue weighted by Crippen LogP contribution is 2.26. The van der Waals surface area contributed by atoms with Crippen LogP contribution < -0.4 is 0 Å². The van der Waals surface area contributed by atoms with Crippen LogP contribution in [0.25, 0.3) is 0 Å². The zero-order valence-electron chi connectivity index (χ0n) is 12.9. The Bertz CT molecular complexity index is 829. The molecule has 1 atom stereocenters. The number of hydrogen-bond donors (Lipinski definition) is 1. The van der Waals surface area contributed by atoms with E-state index >= 15 is 0 Å². The molecule has 1 N–H and O–H groups in total. The second-order valence-electron chi connectivity index (χ2n) is 5.75. The number of aryl methyl sites for hydroxylation is 2. The average molecular weight is 361 g/mol. The molecule has 0 saturated carbocycles. The van der Waals surface area contributed by atoms with Gasteiger partial charge in [0.15, 0.2) is 9.84 Å². The van der Waals surface area contributed by atoms with Crippen LogP contribution in [-0.4, -0.2) is 56.3 Å². The van der Waals surface area contributed by atoms with E-state index in [1.807, 2.05) is 6.92 Å². The van der Waals surface area contributed by atoms with Gasteiger partial charge in [0.2, 0.25) is 10.0 Å². The molecule has 128 valence electrons. The largest absolute Gasteiger partial charge is 0.480 e. The highest BCUT2D eigenvalue weighted by molar-refractivity contribution is 7.92. The number of rotatable bonds is 5. The van der Waals surface area contributed by atoms with Crippen LogP contribution >= 0.6 is 0 Å². The van der Waals surface area contributed by atoms with Gasteiger partial charge in [-0.05, 0) is 43.5 Å². The lowest BCUT2D eigenvalue weighted by atomic mass is 10.1. The number of sulfone groups is 1. The van der Waals surface area contributed by atoms with Crippen LogP contribution in [0.1, 0.15) is 17.5 Å². The summed E-state index contributed by atoms with van der Waals surface area (Å²) in [4.78, 5) is 11.0. The fourth-order valence-corrected chi connectivity index (χ4v) is 6.07. The van der Waals surface area contributed by atoms with Gasteiger partial charge < -0.3 is 5.11 Å². The van der Waals surface area contributed by atoms with Crippen LogP contribution in [0.2, 0.25) is 0 Å². The molecule has 23 heavy (non-hydrogen) atoms. The van der Waals surface area contributed by atoms with Crippen molar-refractivity contribution in [2.24, 2.45) is 0 Å². The highest BCUT2D eigenvalue weighted by Gasteiger charge is 2.39. The smallest absolute Gasteiger partial charge is 0.318 e. The zero-order valence-corrected chi connectivity index (χ0v) is 14.5. The van der Waals surface area contributed by atoms with E-state index in [4.69, 9.17) is 5.11 Å². The van der Waals surface area contributed by atoms with Crippen molar-refractivity contribution in [1.29, 1.82) is 0 Å². The quantitative estimate of drug-likeness (QED) is 0.821. The van der Waals surface area contributed by atoms with Gasteiger partial charge in [-0.2, -0.15) is 4.31 Å². The van der Waals surface area contributed by atoms with Crippen molar-refractivity contribution in [3.63, 3.8) is 0 Å². The van der Waals surface area contributed by atoms with E-state index in [0.29, 0.717) is 0 Å². The first kappa shape index (κ1) is 17.9. The van der Waals surface area contributed by atoms with E-state index in [2.05, 4.69) is 0 Å². The van der Waals surface area contributed by atoms with Crippen molar-refractivity contribution in [2.75, 3.05) is 18.1 Å². The lowest BCUT2D eigenvalue weighted by molar-refractivity contribution is -0.137. The summed E-state index contributed by atoms with van der Waals surface area (Å²) >= 11 is 0. The van der Waals surface area contributed by atoms with Crippen LogP contribution in [-0.2, 0) is 24.7 Å². The zero-order chi connectivity index (χ0) is 17.4. The Hall–Kier alpha value is -1.45. The number of hydrogen-bond acceptors (Lipinski definition) is 5. The molecular formula is C14H19NO6S2. The first-order valence-corrected chi connectivity index (χ1v) is 10.3. The molecule has 0 aromatic heterocycles. The fourth-order valence-electron chi connectivity index (χ4n) is 2.56. The molecule has 0 radical (unpaired) electrons. The summed E-state index contributed by atoms with van der Waals surface area (Å²) in [5.74, 6) is -1.79. The van der Waals surface area contributed by atoms with Crippen molar-refractivity contribution in [3.8, 4) is 0 Å². The lowest BCUT2D eigenvalue weighted by Gasteiger charge is -2.26. The Morgan fingerprint density at radius 2 is 1.96 bits per heavy atom. The van der Waals surface area contributed by atoms with Gasteiger partial charge in [0.25, 0.3) is 0 Å². The van der Waals surface area contributed by atoms with Crippen molar-refractivity contribution in [3.05, 3.63) is 29.3 Å².